The first kappa shape index (κ1) is 21.5. The van der Waals surface area contributed by atoms with Gasteiger partial charge in [0.2, 0.25) is 0 Å². The molecule has 9 heteroatoms. The number of thiazole rings is 1. The third-order valence-corrected chi connectivity index (χ3v) is 5.10. The van der Waals surface area contributed by atoms with Crippen LogP contribution in [0.3, 0.4) is 0 Å². The topological polar surface area (TPSA) is 79.5 Å². The van der Waals surface area contributed by atoms with Gasteiger partial charge in [-0.3, -0.25) is 4.40 Å². The lowest BCUT2D eigenvalue weighted by Crippen LogP contribution is -2.37. The van der Waals surface area contributed by atoms with Crippen molar-refractivity contribution < 1.29 is 0 Å². The first-order chi connectivity index (χ1) is 12.7. The molecule has 0 bridgehead atoms. The van der Waals surface area contributed by atoms with Crippen LogP contribution in [-0.4, -0.2) is 38.6 Å². The maximum atomic E-state index is 4.63. The monoisotopic (exact) mass is 499 g/mol. The first-order valence-corrected chi connectivity index (χ1v) is 9.72. The molecule has 0 aliphatic carbocycles. The van der Waals surface area contributed by atoms with Crippen molar-refractivity contribution in [2.75, 3.05) is 13.1 Å². The van der Waals surface area contributed by atoms with Crippen LogP contribution in [0.5, 0.6) is 0 Å². The summed E-state index contributed by atoms with van der Waals surface area (Å²) in [7, 11) is 0. The van der Waals surface area contributed by atoms with Gasteiger partial charge in [-0.15, -0.1) is 45.5 Å². The molecule has 0 fully saturated rings. The quantitative estimate of drug-likeness (QED) is 0.226. The first-order valence-electron chi connectivity index (χ1n) is 8.91. The molecule has 3 aromatic rings. The van der Waals surface area contributed by atoms with E-state index < -0.39 is 0 Å². The predicted molar refractivity (Wildman–Crippen MR) is 121 cm³/mol. The molecule has 0 amide bonds. The van der Waals surface area contributed by atoms with Crippen LogP contribution in [0.2, 0.25) is 0 Å². The van der Waals surface area contributed by atoms with E-state index in [-0.39, 0.29) is 24.0 Å². The highest BCUT2D eigenvalue weighted by Crippen LogP contribution is 2.16. The number of aliphatic imine (C=N–C) groups is 1. The number of aromatic nitrogens is 4. The molecule has 3 heterocycles. The molecule has 27 heavy (non-hydrogen) atoms. The molecule has 0 spiro atoms. The highest BCUT2D eigenvalue weighted by atomic mass is 127. The zero-order chi connectivity index (χ0) is 18.4. The van der Waals surface area contributed by atoms with E-state index in [0.717, 1.165) is 54.1 Å². The number of fused-ring (bicyclic) bond motifs is 1. The number of halogens is 1. The van der Waals surface area contributed by atoms with Crippen molar-refractivity contribution >= 4 is 46.9 Å². The SMILES string of the molecule is CCNC(=NCc1nc(C)c(C)s1)NCCCc1nnc2ccccn12.I. The van der Waals surface area contributed by atoms with Crippen molar-refractivity contribution in [1.82, 2.24) is 30.2 Å². The molecule has 0 aromatic carbocycles. The maximum Gasteiger partial charge on any atom is 0.191 e. The van der Waals surface area contributed by atoms with Crippen molar-refractivity contribution in [2.24, 2.45) is 4.99 Å². The van der Waals surface area contributed by atoms with Gasteiger partial charge in [-0.2, -0.15) is 0 Å². The minimum atomic E-state index is 0. The van der Waals surface area contributed by atoms with Gasteiger partial charge < -0.3 is 10.6 Å². The molecule has 0 saturated heterocycles. The zero-order valence-electron chi connectivity index (χ0n) is 15.9. The van der Waals surface area contributed by atoms with Crippen LogP contribution >= 0.6 is 35.3 Å². The largest absolute Gasteiger partial charge is 0.357 e. The summed E-state index contributed by atoms with van der Waals surface area (Å²) in [5, 5.41) is 16.2. The molecule has 2 N–H and O–H groups in total. The van der Waals surface area contributed by atoms with Gasteiger partial charge in [-0.05, 0) is 39.3 Å². The highest BCUT2D eigenvalue weighted by molar-refractivity contribution is 14.0. The highest BCUT2D eigenvalue weighted by Gasteiger charge is 2.06. The minimum Gasteiger partial charge on any atom is -0.357 e. The number of hydrogen-bond acceptors (Lipinski definition) is 5. The Morgan fingerprint density at radius 3 is 2.81 bits per heavy atom. The molecular weight excluding hydrogens is 473 g/mol. The summed E-state index contributed by atoms with van der Waals surface area (Å²) in [6, 6.07) is 5.93. The van der Waals surface area contributed by atoms with Crippen molar-refractivity contribution in [1.29, 1.82) is 0 Å². The van der Waals surface area contributed by atoms with E-state index in [1.54, 1.807) is 11.3 Å². The van der Waals surface area contributed by atoms with Gasteiger partial charge in [0.15, 0.2) is 11.6 Å². The van der Waals surface area contributed by atoms with Crippen LogP contribution in [0.25, 0.3) is 5.65 Å². The zero-order valence-corrected chi connectivity index (χ0v) is 19.0. The number of guanidine groups is 1. The van der Waals surface area contributed by atoms with E-state index >= 15 is 0 Å². The molecule has 3 aromatic heterocycles. The van der Waals surface area contributed by atoms with Crippen LogP contribution in [-0.2, 0) is 13.0 Å². The molecule has 0 saturated carbocycles. The Balaban J connectivity index is 0.00000261. The average molecular weight is 499 g/mol. The Morgan fingerprint density at radius 1 is 1.22 bits per heavy atom. The minimum absolute atomic E-state index is 0. The van der Waals surface area contributed by atoms with Gasteiger partial charge in [0, 0.05) is 30.6 Å². The maximum absolute atomic E-state index is 4.63. The number of nitrogens with one attached hydrogen (secondary N) is 2. The fourth-order valence-corrected chi connectivity index (χ4v) is 3.47. The van der Waals surface area contributed by atoms with Crippen LogP contribution in [0.1, 0.15) is 34.7 Å². The van der Waals surface area contributed by atoms with E-state index in [2.05, 4.69) is 44.7 Å². The van der Waals surface area contributed by atoms with E-state index in [1.807, 2.05) is 35.7 Å². The van der Waals surface area contributed by atoms with Crippen LogP contribution in [0, 0.1) is 13.8 Å². The fraction of sp³-hybridized carbons (Fsp3) is 0.444. The molecule has 146 valence electrons. The molecule has 0 aliphatic heterocycles. The molecular formula is C18H26IN7S. The third-order valence-electron chi connectivity index (χ3n) is 4.04. The normalized spacial score (nSPS) is 11.4. The second kappa shape index (κ2) is 10.5. The lowest BCUT2D eigenvalue weighted by Gasteiger charge is -2.10. The second-order valence-electron chi connectivity index (χ2n) is 6.02. The molecule has 7 nitrogen and oxygen atoms in total. The van der Waals surface area contributed by atoms with Crippen molar-refractivity contribution in [2.45, 2.75) is 40.2 Å². The number of rotatable bonds is 7. The summed E-state index contributed by atoms with van der Waals surface area (Å²) in [6.07, 6.45) is 3.82. The number of aryl methyl sites for hydroxylation is 3. The lowest BCUT2D eigenvalue weighted by molar-refractivity contribution is 0.714. The fourth-order valence-electron chi connectivity index (χ4n) is 2.61. The van der Waals surface area contributed by atoms with E-state index in [9.17, 15) is 0 Å². The Kier molecular flexibility index (Phi) is 8.42. The van der Waals surface area contributed by atoms with Gasteiger partial charge in [0.1, 0.15) is 10.8 Å². The summed E-state index contributed by atoms with van der Waals surface area (Å²) in [5.41, 5.74) is 1.98. The smallest absolute Gasteiger partial charge is 0.191 e. The van der Waals surface area contributed by atoms with Crippen molar-refractivity contribution in [3.8, 4) is 0 Å². The van der Waals surface area contributed by atoms with Crippen LogP contribution in [0.15, 0.2) is 29.4 Å². The van der Waals surface area contributed by atoms with E-state index in [0.29, 0.717) is 6.54 Å². The van der Waals surface area contributed by atoms with Crippen molar-refractivity contribution in [3.63, 3.8) is 0 Å². The Hall–Kier alpha value is -1.75. The Morgan fingerprint density at radius 2 is 2.07 bits per heavy atom. The molecule has 0 radical (unpaired) electrons. The summed E-state index contributed by atoms with van der Waals surface area (Å²) < 4.78 is 2.03. The number of nitrogens with zero attached hydrogens (tertiary/aromatic N) is 5. The predicted octanol–water partition coefficient (Wildman–Crippen LogP) is 3.11. The molecule has 3 rings (SSSR count). The van der Waals surface area contributed by atoms with Crippen LogP contribution < -0.4 is 10.6 Å². The van der Waals surface area contributed by atoms with Gasteiger partial charge in [-0.1, -0.05) is 6.07 Å². The molecule has 0 aliphatic rings. The van der Waals surface area contributed by atoms with Gasteiger partial charge in [0.05, 0.1) is 12.2 Å². The third kappa shape index (κ3) is 5.86. The molecule has 0 atom stereocenters. The summed E-state index contributed by atoms with van der Waals surface area (Å²) >= 11 is 1.71. The second-order valence-corrected chi connectivity index (χ2v) is 7.31. The summed E-state index contributed by atoms with van der Waals surface area (Å²) in [6.45, 7) is 8.45. The van der Waals surface area contributed by atoms with Gasteiger partial charge in [0.25, 0.3) is 0 Å². The van der Waals surface area contributed by atoms with E-state index in [1.165, 1.54) is 4.88 Å². The van der Waals surface area contributed by atoms with Gasteiger partial charge in [-0.25, -0.2) is 9.98 Å². The summed E-state index contributed by atoms with van der Waals surface area (Å²) in [5.74, 6) is 1.81. The number of pyridine rings is 1. The van der Waals surface area contributed by atoms with Crippen molar-refractivity contribution in [3.05, 3.63) is 45.8 Å². The number of hydrogen-bond donors (Lipinski definition) is 2. The Labute approximate surface area is 180 Å². The van der Waals surface area contributed by atoms with Gasteiger partial charge >= 0.3 is 0 Å². The average Bonchev–Trinajstić information content (AvgIpc) is 3.20. The van der Waals surface area contributed by atoms with E-state index in [4.69, 9.17) is 0 Å². The lowest BCUT2D eigenvalue weighted by atomic mass is 10.3. The standard InChI is InChI=1S/C18H25N7S.HI/c1-4-19-18(21-12-17-22-13(2)14(3)26-17)20-10-7-9-16-24-23-15-8-5-6-11-25(15)16;/h5-6,8,11H,4,7,9-10,12H2,1-3H3,(H2,19,20,21);1H. The summed E-state index contributed by atoms with van der Waals surface area (Å²) in [4.78, 5) is 10.4. The Bertz CT molecular complexity index is 867. The van der Waals surface area contributed by atoms with Crippen LogP contribution in [0.4, 0.5) is 0 Å². The molecule has 0 unspecified atom stereocenters.